The van der Waals surface area contributed by atoms with Gasteiger partial charge >= 0.3 is 12.1 Å². The number of aromatic amines is 1. The smallest absolute Gasteiger partial charge is 0.418 e. The molecule has 2 amide bonds. The summed E-state index contributed by atoms with van der Waals surface area (Å²) in [7, 11) is 0. The number of para-hydroxylation sites is 1. The Morgan fingerprint density at radius 1 is 1.18 bits per heavy atom. The van der Waals surface area contributed by atoms with Crippen molar-refractivity contribution >= 4 is 28.7 Å². The number of H-pyrrole nitrogens is 1. The zero-order valence-corrected chi connectivity index (χ0v) is 21.0. The molecule has 202 valence electrons. The molecule has 4 N–H and O–H groups in total. The van der Waals surface area contributed by atoms with E-state index in [1.165, 1.54) is 12.1 Å². The maximum atomic E-state index is 13.6. The standard InChI is InChI=1S/C27H29F3N4O4/c1-3-15(2)22(33-21(35)13-16-7-4-5-12-31-16)24(36)34-26(25(37)38)11-10-20-18(14-26)17-8-6-9-19(23(17)32-20)27(28,29)30/h4-9,12,15,22,32H,3,10-11,13-14H2,1-2H3,(H,33,35)(H,34,36)(H,37,38)/t15?,22?,26-/m1/s1. The van der Waals surface area contributed by atoms with Crippen LogP contribution in [-0.2, 0) is 39.8 Å². The first-order valence-corrected chi connectivity index (χ1v) is 12.4. The highest BCUT2D eigenvalue weighted by molar-refractivity contribution is 5.94. The first-order chi connectivity index (χ1) is 17.9. The van der Waals surface area contributed by atoms with Crippen molar-refractivity contribution in [3.05, 3.63) is 65.1 Å². The maximum Gasteiger partial charge on any atom is 0.418 e. The predicted octanol–water partition coefficient (Wildman–Crippen LogP) is 3.78. The molecule has 1 aromatic carbocycles. The molecule has 1 aliphatic carbocycles. The number of carbonyl (C=O) groups is 3. The Morgan fingerprint density at radius 2 is 1.95 bits per heavy atom. The topological polar surface area (TPSA) is 124 Å². The number of benzene rings is 1. The zero-order chi connectivity index (χ0) is 27.7. The van der Waals surface area contributed by atoms with Gasteiger partial charge in [-0.05, 0) is 42.5 Å². The fourth-order valence-corrected chi connectivity index (χ4v) is 4.96. The lowest BCUT2D eigenvalue weighted by Gasteiger charge is -2.36. The van der Waals surface area contributed by atoms with E-state index in [-0.39, 0.29) is 42.5 Å². The number of amides is 2. The van der Waals surface area contributed by atoms with Crippen molar-refractivity contribution in [3.8, 4) is 0 Å². The molecule has 2 heterocycles. The number of aliphatic carboxylic acids is 1. The second-order valence-electron chi connectivity index (χ2n) is 9.79. The minimum absolute atomic E-state index is 0.0235. The number of pyridine rings is 1. The van der Waals surface area contributed by atoms with Crippen molar-refractivity contribution < 1.29 is 32.7 Å². The van der Waals surface area contributed by atoms with E-state index >= 15 is 0 Å². The van der Waals surface area contributed by atoms with E-state index in [1.54, 1.807) is 31.3 Å². The normalized spacial score (nSPS) is 18.9. The largest absolute Gasteiger partial charge is 0.479 e. The minimum atomic E-state index is -4.58. The number of halogens is 3. The van der Waals surface area contributed by atoms with Crippen LogP contribution in [0.5, 0.6) is 0 Å². The number of hydrogen-bond acceptors (Lipinski definition) is 4. The number of fused-ring (bicyclic) bond motifs is 3. The highest BCUT2D eigenvalue weighted by Crippen LogP contribution is 2.40. The number of carboxylic acid groups (broad SMARTS) is 1. The average molecular weight is 531 g/mol. The van der Waals surface area contributed by atoms with E-state index in [0.29, 0.717) is 23.4 Å². The average Bonchev–Trinajstić information content (AvgIpc) is 3.24. The molecule has 0 saturated carbocycles. The van der Waals surface area contributed by atoms with Gasteiger partial charge in [0.15, 0.2) is 0 Å². The number of alkyl halides is 3. The number of nitrogens with zero attached hydrogens (tertiary/aromatic N) is 1. The van der Waals surface area contributed by atoms with Crippen molar-refractivity contribution in [1.29, 1.82) is 0 Å². The summed E-state index contributed by atoms with van der Waals surface area (Å²) >= 11 is 0. The molecule has 0 fully saturated rings. The first-order valence-electron chi connectivity index (χ1n) is 12.4. The van der Waals surface area contributed by atoms with Gasteiger partial charge in [-0.3, -0.25) is 14.6 Å². The van der Waals surface area contributed by atoms with E-state index in [9.17, 15) is 32.7 Å². The van der Waals surface area contributed by atoms with Gasteiger partial charge in [0, 0.05) is 29.4 Å². The molecule has 38 heavy (non-hydrogen) atoms. The lowest BCUT2D eigenvalue weighted by atomic mass is 9.79. The Kier molecular flexibility index (Phi) is 7.48. The van der Waals surface area contributed by atoms with Crippen LogP contribution in [0.4, 0.5) is 13.2 Å². The van der Waals surface area contributed by atoms with E-state index < -0.39 is 41.1 Å². The quantitative estimate of drug-likeness (QED) is 0.353. The van der Waals surface area contributed by atoms with Crippen molar-refractivity contribution in [1.82, 2.24) is 20.6 Å². The molecule has 0 aliphatic heterocycles. The monoisotopic (exact) mass is 530 g/mol. The van der Waals surface area contributed by atoms with E-state index in [4.69, 9.17) is 0 Å². The molecule has 4 rings (SSSR count). The first kappa shape index (κ1) is 27.2. The van der Waals surface area contributed by atoms with Crippen molar-refractivity contribution in [2.24, 2.45) is 5.92 Å². The van der Waals surface area contributed by atoms with E-state index in [0.717, 1.165) is 6.07 Å². The highest BCUT2D eigenvalue weighted by atomic mass is 19.4. The van der Waals surface area contributed by atoms with Crippen molar-refractivity contribution in [2.75, 3.05) is 0 Å². The van der Waals surface area contributed by atoms with Gasteiger partial charge in [0.25, 0.3) is 0 Å². The molecule has 0 bridgehead atoms. The number of nitrogens with one attached hydrogen (secondary N) is 3. The Bertz CT molecular complexity index is 1360. The number of carbonyl (C=O) groups excluding carboxylic acids is 2. The highest BCUT2D eigenvalue weighted by Gasteiger charge is 2.46. The van der Waals surface area contributed by atoms with E-state index in [1.807, 2.05) is 6.92 Å². The van der Waals surface area contributed by atoms with Crippen LogP contribution in [-0.4, -0.2) is 44.4 Å². The third kappa shape index (κ3) is 5.36. The van der Waals surface area contributed by atoms with Crippen LogP contribution in [0.2, 0.25) is 0 Å². The summed E-state index contributed by atoms with van der Waals surface area (Å²) in [6.45, 7) is 3.62. The van der Waals surface area contributed by atoms with Gasteiger partial charge in [-0.25, -0.2) is 4.79 Å². The molecule has 0 spiro atoms. The Hall–Kier alpha value is -3.89. The summed E-state index contributed by atoms with van der Waals surface area (Å²) in [5.41, 5.74) is -1.21. The minimum Gasteiger partial charge on any atom is -0.479 e. The molecule has 3 atom stereocenters. The zero-order valence-electron chi connectivity index (χ0n) is 21.0. The van der Waals surface area contributed by atoms with Gasteiger partial charge in [0.1, 0.15) is 11.6 Å². The molecule has 2 unspecified atom stereocenters. The van der Waals surface area contributed by atoms with Crippen molar-refractivity contribution in [2.45, 2.75) is 63.7 Å². The third-order valence-corrected chi connectivity index (χ3v) is 7.27. The Balaban J connectivity index is 1.60. The SMILES string of the molecule is CCC(C)C(NC(=O)Cc1ccccn1)C(=O)N[C@]1(C(=O)O)CCc2[nH]c3c(C(F)(F)F)cccc3c2C1. The molecular formula is C27H29F3N4O4. The number of aryl methyl sites for hydroxylation is 1. The summed E-state index contributed by atoms with van der Waals surface area (Å²) in [6, 6.07) is 7.90. The lowest BCUT2D eigenvalue weighted by molar-refractivity contribution is -0.149. The van der Waals surface area contributed by atoms with Crippen molar-refractivity contribution in [3.63, 3.8) is 0 Å². The summed E-state index contributed by atoms with van der Waals surface area (Å²) in [4.78, 5) is 45.6. The van der Waals surface area contributed by atoms with Crippen LogP contribution in [0.1, 0.15) is 49.2 Å². The van der Waals surface area contributed by atoms with Gasteiger partial charge in [-0.1, -0.05) is 38.5 Å². The van der Waals surface area contributed by atoms with Crippen LogP contribution in [0.15, 0.2) is 42.6 Å². The number of carboxylic acids is 1. The summed E-state index contributed by atoms with van der Waals surface area (Å²) in [6.07, 6.45) is -2.63. The van der Waals surface area contributed by atoms with E-state index in [2.05, 4.69) is 20.6 Å². The fraction of sp³-hybridized carbons (Fsp3) is 0.407. The molecule has 0 saturated heterocycles. The Morgan fingerprint density at radius 3 is 2.58 bits per heavy atom. The van der Waals surface area contributed by atoms with Crippen LogP contribution < -0.4 is 10.6 Å². The molecular weight excluding hydrogens is 501 g/mol. The van der Waals surface area contributed by atoms with Gasteiger partial charge in [-0.2, -0.15) is 13.2 Å². The molecule has 3 aromatic rings. The second kappa shape index (κ2) is 10.5. The van der Waals surface area contributed by atoms with Gasteiger partial charge < -0.3 is 20.7 Å². The van der Waals surface area contributed by atoms with Crippen LogP contribution in [0.3, 0.4) is 0 Å². The lowest BCUT2D eigenvalue weighted by Crippen LogP contribution is -2.62. The maximum absolute atomic E-state index is 13.6. The van der Waals surface area contributed by atoms with Gasteiger partial charge in [-0.15, -0.1) is 0 Å². The molecule has 0 radical (unpaired) electrons. The molecule has 1 aliphatic rings. The third-order valence-electron chi connectivity index (χ3n) is 7.27. The number of hydrogen-bond donors (Lipinski definition) is 4. The molecule has 2 aromatic heterocycles. The summed E-state index contributed by atoms with van der Waals surface area (Å²) in [5, 5.41) is 15.9. The predicted molar refractivity (Wildman–Crippen MR) is 133 cm³/mol. The second-order valence-corrected chi connectivity index (χ2v) is 9.79. The summed E-state index contributed by atoms with van der Waals surface area (Å²) < 4.78 is 40.7. The van der Waals surface area contributed by atoms with Crippen LogP contribution >= 0.6 is 0 Å². The summed E-state index contributed by atoms with van der Waals surface area (Å²) in [5.74, 6) is -2.69. The van der Waals surface area contributed by atoms with Gasteiger partial charge in [0.2, 0.25) is 11.8 Å². The number of aromatic nitrogens is 2. The molecule has 8 nitrogen and oxygen atoms in total. The van der Waals surface area contributed by atoms with Gasteiger partial charge in [0.05, 0.1) is 17.5 Å². The van der Waals surface area contributed by atoms with Crippen LogP contribution in [0.25, 0.3) is 10.9 Å². The fourth-order valence-electron chi connectivity index (χ4n) is 4.96. The molecule has 11 heteroatoms. The Labute approximate surface area is 217 Å². The number of rotatable bonds is 8. The van der Waals surface area contributed by atoms with Crippen LogP contribution in [0, 0.1) is 5.92 Å².